The highest BCUT2D eigenvalue weighted by Crippen LogP contribution is 2.32. The van der Waals surface area contributed by atoms with Crippen molar-refractivity contribution < 1.29 is 18.0 Å². The van der Waals surface area contributed by atoms with Gasteiger partial charge in [0.15, 0.2) is 0 Å². The monoisotopic (exact) mass is 445 g/mol. The van der Waals surface area contributed by atoms with Crippen LogP contribution in [0.5, 0.6) is 0 Å². The maximum Gasteiger partial charge on any atom is 0.416 e. The maximum absolute atomic E-state index is 13.0. The third kappa shape index (κ3) is 5.63. The Balaban J connectivity index is 1.25. The summed E-state index contributed by atoms with van der Waals surface area (Å²) >= 11 is 0. The molecule has 4 nitrogen and oxygen atoms in total. The van der Waals surface area contributed by atoms with E-state index in [-0.39, 0.29) is 11.9 Å². The van der Waals surface area contributed by atoms with Gasteiger partial charge in [-0.25, -0.2) is 0 Å². The fourth-order valence-electron chi connectivity index (χ4n) is 4.73. The summed E-state index contributed by atoms with van der Waals surface area (Å²) in [5.41, 5.74) is 2.50. The largest absolute Gasteiger partial charge is 0.416 e. The highest BCUT2D eigenvalue weighted by atomic mass is 19.4. The van der Waals surface area contributed by atoms with Crippen LogP contribution in [0.15, 0.2) is 48.5 Å². The fraction of sp³-hybridized carbons (Fsp3) is 0.480. The molecule has 2 aromatic rings. The van der Waals surface area contributed by atoms with E-state index in [0.29, 0.717) is 18.0 Å². The molecular weight excluding hydrogens is 415 g/mol. The number of rotatable bonds is 6. The third-order valence-electron chi connectivity index (χ3n) is 6.44. The lowest BCUT2D eigenvalue weighted by molar-refractivity contribution is -0.137. The van der Waals surface area contributed by atoms with Gasteiger partial charge in [0.1, 0.15) is 0 Å². The number of halogens is 3. The summed E-state index contributed by atoms with van der Waals surface area (Å²) in [7, 11) is 0. The van der Waals surface area contributed by atoms with Gasteiger partial charge >= 0.3 is 6.18 Å². The van der Waals surface area contributed by atoms with Gasteiger partial charge in [0, 0.05) is 44.8 Å². The van der Waals surface area contributed by atoms with Gasteiger partial charge in [-0.05, 0) is 48.1 Å². The van der Waals surface area contributed by atoms with Crippen molar-refractivity contribution in [2.45, 2.75) is 38.4 Å². The molecule has 4 rings (SSSR count). The molecule has 7 heteroatoms. The summed E-state index contributed by atoms with van der Waals surface area (Å²) in [6.45, 7) is 6.37. The quantitative estimate of drug-likeness (QED) is 0.703. The number of benzene rings is 2. The van der Waals surface area contributed by atoms with Gasteiger partial charge in [-0.15, -0.1) is 0 Å². The molecule has 2 unspecified atom stereocenters. The molecule has 2 heterocycles. The second-order valence-corrected chi connectivity index (χ2v) is 9.05. The minimum Gasteiger partial charge on any atom is -0.369 e. The van der Waals surface area contributed by atoms with Crippen molar-refractivity contribution in [1.29, 1.82) is 0 Å². The minimum atomic E-state index is -4.31. The topological polar surface area (TPSA) is 35.6 Å². The van der Waals surface area contributed by atoms with Crippen molar-refractivity contribution in [3.63, 3.8) is 0 Å². The molecule has 0 radical (unpaired) electrons. The number of hydrogen-bond acceptors (Lipinski definition) is 3. The summed E-state index contributed by atoms with van der Waals surface area (Å²) in [4.78, 5) is 15.9. The fourth-order valence-corrected chi connectivity index (χ4v) is 4.73. The van der Waals surface area contributed by atoms with Crippen LogP contribution in [0, 0.1) is 5.92 Å². The van der Waals surface area contributed by atoms with Crippen LogP contribution in [0.4, 0.5) is 18.9 Å². The Morgan fingerprint density at radius 2 is 1.78 bits per heavy atom. The molecule has 2 aliphatic rings. The lowest BCUT2D eigenvalue weighted by Crippen LogP contribution is -2.47. The van der Waals surface area contributed by atoms with E-state index in [1.165, 1.54) is 17.7 Å². The molecule has 1 amide bonds. The average molecular weight is 446 g/mol. The molecule has 1 N–H and O–H groups in total. The van der Waals surface area contributed by atoms with Crippen molar-refractivity contribution in [2.24, 2.45) is 5.92 Å². The van der Waals surface area contributed by atoms with Gasteiger partial charge in [0.2, 0.25) is 5.91 Å². The molecule has 32 heavy (non-hydrogen) atoms. The SMILES string of the molecule is CC(Cc1ccc(C2CCC(=O)N2)cc1)CN1CCN(c2cccc(C(F)(F)F)c2)CC1. The van der Waals surface area contributed by atoms with Crippen molar-refractivity contribution in [3.8, 4) is 0 Å². The van der Waals surface area contributed by atoms with E-state index in [4.69, 9.17) is 0 Å². The number of hydrogen-bond donors (Lipinski definition) is 1. The molecule has 2 aliphatic heterocycles. The molecule has 172 valence electrons. The Morgan fingerprint density at radius 1 is 1.06 bits per heavy atom. The van der Waals surface area contributed by atoms with Gasteiger partial charge < -0.3 is 10.2 Å². The van der Waals surface area contributed by atoms with Crippen LogP contribution < -0.4 is 10.2 Å². The highest BCUT2D eigenvalue weighted by molar-refractivity contribution is 5.78. The van der Waals surface area contributed by atoms with Crippen LogP contribution in [0.25, 0.3) is 0 Å². The summed E-state index contributed by atoms with van der Waals surface area (Å²) in [5, 5.41) is 3.01. The zero-order valence-corrected chi connectivity index (χ0v) is 18.4. The lowest BCUT2D eigenvalue weighted by Gasteiger charge is -2.37. The van der Waals surface area contributed by atoms with E-state index in [2.05, 4.69) is 41.4 Å². The van der Waals surface area contributed by atoms with Crippen LogP contribution >= 0.6 is 0 Å². The van der Waals surface area contributed by atoms with Gasteiger partial charge in [-0.2, -0.15) is 13.2 Å². The number of nitrogens with one attached hydrogen (secondary N) is 1. The third-order valence-corrected chi connectivity index (χ3v) is 6.44. The van der Waals surface area contributed by atoms with Gasteiger partial charge in [0.05, 0.1) is 11.6 Å². The minimum absolute atomic E-state index is 0.126. The number of piperazine rings is 1. The van der Waals surface area contributed by atoms with E-state index >= 15 is 0 Å². The van der Waals surface area contributed by atoms with E-state index in [1.807, 2.05) is 4.90 Å². The number of nitrogens with zero attached hydrogens (tertiary/aromatic N) is 2. The standard InChI is InChI=1S/C25H30F3N3O/c1-18(15-19-5-7-20(8-6-19)23-9-10-24(32)29-23)17-30-11-13-31(14-12-30)22-4-2-3-21(16-22)25(26,27)28/h2-8,16,18,23H,9-15,17H2,1H3,(H,29,32). The average Bonchev–Trinajstić information content (AvgIpc) is 3.20. The molecule has 0 aromatic heterocycles. The molecule has 0 bridgehead atoms. The summed E-state index contributed by atoms with van der Waals surface area (Å²) < 4.78 is 39.0. The molecule has 0 saturated carbocycles. The Bertz CT molecular complexity index is 921. The first-order chi connectivity index (χ1) is 15.3. The summed E-state index contributed by atoms with van der Waals surface area (Å²) in [6, 6.07) is 14.3. The predicted octanol–water partition coefficient (Wildman–Crippen LogP) is 4.66. The van der Waals surface area contributed by atoms with Crippen molar-refractivity contribution in [2.75, 3.05) is 37.6 Å². The second kappa shape index (κ2) is 9.53. The van der Waals surface area contributed by atoms with Gasteiger partial charge in [-0.3, -0.25) is 9.69 Å². The molecule has 2 saturated heterocycles. The second-order valence-electron chi connectivity index (χ2n) is 9.05. The van der Waals surface area contributed by atoms with Gasteiger partial charge in [0.25, 0.3) is 0 Å². The Hall–Kier alpha value is -2.54. The van der Waals surface area contributed by atoms with Crippen LogP contribution in [0.2, 0.25) is 0 Å². The summed E-state index contributed by atoms with van der Waals surface area (Å²) in [6.07, 6.45) is -1.87. The Labute approximate surface area is 187 Å². The molecule has 2 atom stereocenters. The zero-order chi connectivity index (χ0) is 22.7. The molecular formula is C25H30F3N3O. The first kappa shape index (κ1) is 22.6. The molecule has 2 fully saturated rings. The van der Waals surface area contributed by atoms with Crippen molar-refractivity contribution in [3.05, 3.63) is 65.2 Å². The molecule has 0 aliphatic carbocycles. The smallest absolute Gasteiger partial charge is 0.369 e. The predicted molar refractivity (Wildman–Crippen MR) is 120 cm³/mol. The van der Waals surface area contributed by atoms with Crippen molar-refractivity contribution in [1.82, 2.24) is 10.2 Å². The normalized spacial score (nSPS) is 20.9. The van der Waals surface area contributed by atoms with Gasteiger partial charge in [-0.1, -0.05) is 37.3 Å². The number of carbonyl (C=O) groups is 1. The Morgan fingerprint density at radius 3 is 2.41 bits per heavy atom. The summed E-state index contributed by atoms with van der Waals surface area (Å²) in [5.74, 6) is 0.605. The highest BCUT2D eigenvalue weighted by Gasteiger charge is 2.31. The number of anilines is 1. The van der Waals surface area contributed by atoms with E-state index in [9.17, 15) is 18.0 Å². The first-order valence-corrected chi connectivity index (χ1v) is 11.3. The Kier molecular flexibility index (Phi) is 6.74. The zero-order valence-electron chi connectivity index (χ0n) is 18.4. The lowest BCUT2D eigenvalue weighted by atomic mass is 9.97. The molecule has 0 spiro atoms. The van der Waals surface area contributed by atoms with Crippen molar-refractivity contribution >= 4 is 11.6 Å². The first-order valence-electron chi connectivity index (χ1n) is 11.3. The van der Waals surface area contributed by atoms with E-state index in [1.54, 1.807) is 6.07 Å². The van der Waals surface area contributed by atoms with Crippen LogP contribution in [-0.4, -0.2) is 43.5 Å². The van der Waals surface area contributed by atoms with Crippen LogP contribution in [0.3, 0.4) is 0 Å². The van der Waals surface area contributed by atoms with E-state index < -0.39 is 11.7 Å². The number of carbonyl (C=O) groups excluding carboxylic acids is 1. The maximum atomic E-state index is 13.0. The molecule has 2 aromatic carbocycles. The number of amides is 1. The van der Waals surface area contributed by atoms with E-state index in [0.717, 1.165) is 57.2 Å². The van der Waals surface area contributed by atoms with Crippen LogP contribution in [-0.2, 0) is 17.4 Å². The van der Waals surface area contributed by atoms with Crippen LogP contribution in [0.1, 0.15) is 42.5 Å². The number of alkyl halides is 3.